The molecule has 6 nitrogen and oxygen atoms in total. The van der Waals surface area contributed by atoms with E-state index >= 15 is 0 Å². The molecule has 0 amide bonds. The van der Waals surface area contributed by atoms with Gasteiger partial charge in [0.1, 0.15) is 0 Å². The van der Waals surface area contributed by atoms with E-state index < -0.39 is 10.0 Å². The molecule has 2 aromatic rings. The van der Waals surface area contributed by atoms with E-state index in [2.05, 4.69) is 31.0 Å². The summed E-state index contributed by atoms with van der Waals surface area (Å²) in [5.74, 6) is 0. The average Bonchev–Trinajstić information content (AvgIpc) is 2.70. The van der Waals surface area contributed by atoms with Crippen molar-refractivity contribution >= 4 is 54.8 Å². The molecule has 0 aliphatic heterocycles. The van der Waals surface area contributed by atoms with Gasteiger partial charge >= 0.3 is 0 Å². The second-order valence-electron chi connectivity index (χ2n) is 3.97. The van der Waals surface area contributed by atoms with Crippen molar-refractivity contribution in [3.63, 3.8) is 0 Å². The van der Waals surface area contributed by atoms with Crippen molar-refractivity contribution in [1.82, 2.24) is 15.0 Å². The van der Waals surface area contributed by atoms with Crippen molar-refractivity contribution < 1.29 is 8.42 Å². The van der Waals surface area contributed by atoms with Gasteiger partial charge in [0.25, 0.3) is 10.0 Å². The summed E-state index contributed by atoms with van der Waals surface area (Å²) in [6.07, 6.45) is 0. The number of aryl methyl sites for hydroxylation is 2. The topological polar surface area (TPSA) is 76.9 Å². The third-order valence-corrected chi connectivity index (χ3v) is 5.55. The van der Waals surface area contributed by atoms with E-state index in [0.717, 1.165) is 4.68 Å². The van der Waals surface area contributed by atoms with Crippen molar-refractivity contribution in [3.8, 4) is 0 Å². The molecular formula is C10H9BrCl2N4O2S. The lowest BCUT2D eigenvalue weighted by atomic mass is 10.2. The van der Waals surface area contributed by atoms with E-state index in [0.29, 0.717) is 5.56 Å². The van der Waals surface area contributed by atoms with Gasteiger partial charge in [-0.3, -0.25) is 4.72 Å². The van der Waals surface area contributed by atoms with Gasteiger partial charge in [0.15, 0.2) is 4.60 Å². The second kappa shape index (κ2) is 5.51. The smallest absolute Gasteiger partial charge is 0.275 e. The van der Waals surface area contributed by atoms with E-state index in [4.69, 9.17) is 23.2 Å². The Morgan fingerprint density at radius 1 is 1.35 bits per heavy atom. The number of nitrogens with zero attached hydrogens (tertiary/aromatic N) is 3. The largest absolute Gasteiger partial charge is 0.282 e. The van der Waals surface area contributed by atoms with Gasteiger partial charge in [0.05, 0.1) is 15.7 Å². The van der Waals surface area contributed by atoms with Gasteiger partial charge in [-0.2, -0.15) is 8.42 Å². The first-order valence-electron chi connectivity index (χ1n) is 5.26. The van der Waals surface area contributed by atoms with Crippen LogP contribution in [-0.2, 0) is 17.1 Å². The third kappa shape index (κ3) is 2.78. The normalized spacial score (nSPS) is 11.7. The molecule has 0 spiro atoms. The van der Waals surface area contributed by atoms with Gasteiger partial charge in [-0.05, 0) is 34.5 Å². The molecule has 1 heterocycles. The summed E-state index contributed by atoms with van der Waals surface area (Å²) in [6, 6.07) is 3.27. The first-order valence-corrected chi connectivity index (χ1v) is 8.30. The number of aromatic nitrogens is 3. The zero-order valence-electron chi connectivity index (χ0n) is 10.4. The van der Waals surface area contributed by atoms with Crippen molar-refractivity contribution in [1.29, 1.82) is 0 Å². The lowest BCUT2D eigenvalue weighted by Crippen LogP contribution is -2.17. The molecule has 0 aliphatic carbocycles. The molecule has 20 heavy (non-hydrogen) atoms. The van der Waals surface area contributed by atoms with Crippen LogP contribution >= 0.6 is 39.1 Å². The predicted octanol–water partition coefficient (Wildman–Crippen LogP) is 2.99. The molecular weight excluding hydrogens is 391 g/mol. The van der Waals surface area contributed by atoms with Gasteiger partial charge in [0.2, 0.25) is 5.03 Å². The fraction of sp³-hybridized carbons (Fsp3) is 0.200. The summed E-state index contributed by atoms with van der Waals surface area (Å²) in [5, 5.41) is 7.58. The molecule has 0 radical (unpaired) electrons. The molecule has 10 heteroatoms. The Kier molecular flexibility index (Phi) is 4.29. The summed E-state index contributed by atoms with van der Waals surface area (Å²) in [6.45, 7) is 1.75. The molecule has 0 aliphatic rings. The predicted molar refractivity (Wildman–Crippen MR) is 80.7 cm³/mol. The summed E-state index contributed by atoms with van der Waals surface area (Å²) < 4.78 is 28.3. The number of sulfonamides is 1. The quantitative estimate of drug-likeness (QED) is 0.860. The highest BCUT2D eigenvalue weighted by Gasteiger charge is 2.26. The van der Waals surface area contributed by atoms with E-state index in [9.17, 15) is 8.42 Å². The van der Waals surface area contributed by atoms with Crippen LogP contribution in [0.15, 0.2) is 21.8 Å². The van der Waals surface area contributed by atoms with Crippen molar-refractivity contribution in [3.05, 3.63) is 32.3 Å². The maximum atomic E-state index is 12.4. The van der Waals surface area contributed by atoms with Gasteiger partial charge in [-0.1, -0.05) is 34.5 Å². The van der Waals surface area contributed by atoms with Crippen LogP contribution in [-0.4, -0.2) is 23.4 Å². The number of halogens is 3. The minimum absolute atomic E-state index is 0.104. The lowest BCUT2D eigenvalue weighted by Gasteiger charge is -2.12. The maximum Gasteiger partial charge on any atom is 0.282 e. The van der Waals surface area contributed by atoms with Crippen LogP contribution in [0.5, 0.6) is 0 Å². The molecule has 1 N–H and O–H groups in total. The van der Waals surface area contributed by atoms with Crippen LogP contribution in [0.2, 0.25) is 10.0 Å². The molecule has 0 bridgehead atoms. The van der Waals surface area contributed by atoms with Crippen LogP contribution in [0.1, 0.15) is 5.56 Å². The number of rotatable bonds is 3. The number of nitrogens with one attached hydrogen (secondary N) is 1. The highest BCUT2D eigenvalue weighted by molar-refractivity contribution is 9.10. The molecule has 0 atom stereocenters. The fourth-order valence-corrected chi connectivity index (χ4v) is 4.31. The Morgan fingerprint density at radius 3 is 2.55 bits per heavy atom. The Hall–Kier alpha value is -0.830. The van der Waals surface area contributed by atoms with E-state index in [-0.39, 0.29) is 25.4 Å². The zero-order valence-corrected chi connectivity index (χ0v) is 14.3. The highest BCUT2D eigenvalue weighted by Crippen LogP contribution is 2.35. The fourth-order valence-electron chi connectivity index (χ4n) is 1.54. The van der Waals surface area contributed by atoms with Gasteiger partial charge in [-0.25, -0.2) is 4.68 Å². The summed E-state index contributed by atoms with van der Waals surface area (Å²) in [5.41, 5.74) is 0.831. The number of hydrogen-bond acceptors (Lipinski definition) is 4. The minimum Gasteiger partial charge on any atom is -0.275 e. The Labute approximate surface area is 134 Å². The Morgan fingerprint density at radius 2 is 2.00 bits per heavy atom. The molecule has 2 rings (SSSR count). The molecule has 0 fully saturated rings. The summed E-state index contributed by atoms with van der Waals surface area (Å²) >= 11 is 15.1. The third-order valence-electron chi connectivity index (χ3n) is 2.51. The molecule has 0 saturated carbocycles. The summed E-state index contributed by atoms with van der Waals surface area (Å²) in [7, 11) is -2.46. The van der Waals surface area contributed by atoms with Crippen LogP contribution in [0.3, 0.4) is 0 Å². The molecule has 1 aromatic carbocycles. The first-order chi connectivity index (χ1) is 9.24. The van der Waals surface area contributed by atoms with Crippen LogP contribution in [0.25, 0.3) is 0 Å². The number of anilines is 1. The lowest BCUT2D eigenvalue weighted by molar-refractivity contribution is 0.578. The SMILES string of the molecule is Cc1ccc(Cl)c(NS(=O)(=O)c2c(Br)nnn2C)c1Cl. The van der Waals surface area contributed by atoms with Crippen molar-refractivity contribution in [2.45, 2.75) is 11.9 Å². The number of benzene rings is 1. The molecule has 0 saturated heterocycles. The highest BCUT2D eigenvalue weighted by atomic mass is 79.9. The standard InChI is InChI=1S/C10H9BrCl2N4O2S/c1-5-3-4-6(12)8(7(5)13)15-20(18,19)10-9(11)14-16-17(10)2/h3-4,15H,1-2H3. The Balaban J connectivity index is 2.53. The van der Waals surface area contributed by atoms with Gasteiger partial charge in [0, 0.05) is 7.05 Å². The zero-order chi connectivity index (χ0) is 15.1. The van der Waals surface area contributed by atoms with Gasteiger partial charge < -0.3 is 0 Å². The average molecular weight is 400 g/mol. The Bertz CT molecular complexity index is 756. The minimum atomic E-state index is -3.92. The molecule has 1 aromatic heterocycles. The van der Waals surface area contributed by atoms with E-state index in [1.54, 1.807) is 19.1 Å². The second-order valence-corrected chi connectivity index (χ2v) is 7.10. The summed E-state index contributed by atoms with van der Waals surface area (Å²) in [4.78, 5) is 0. The first kappa shape index (κ1) is 15.6. The van der Waals surface area contributed by atoms with E-state index in [1.165, 1.54) is 7.05 Å². The van der Waals surface area contributed by atoms with Crippen LogP contribution < -0.4 is 4.72 Å². The van der Waals surface area contributed by atoms with Crippen molar-refractivity contribution in [2.24, 2.45) is 7.05 Å². The maximum absolute atomic E-state index is 12.4. The number of hydrogen-bond donors (Lipinski definition) is 1. The molecule has 108 valence electrons. The van der Waals surface area contributed by atoms with Crippen LogP contribution in [0.4, 0.5) is 5.69 Å². The monoisotopic (exact) mass is 398 g/mol. The van der Waals surface area contributed by atoms with E-state index in [1.807, 2.05) is 0 Å². The molecule has 0 unspecified atom stereocenters. The van der Waals surface area contributed by atoms with Crippen LogP contribution in [0, 0.1) is 6.92 Å². The van der Waals surface area contributed by atoms with Crippen molar-refractivity contribution in [2.75, 3.05) is 4.72 Å². The van der Waals surface area contributed by atoms with Gasteiger partial charge in [-0.15, -0.1) is 5.10 Å².